The van der Waals surface area contributed by atoms with E-state index in [1.54, 1.807) is 13.8 Å². The van der Waals surface area contributed by atoms with E-state index in [9.17, 15) is 18.0 Å². The molecular weight excluding hydrogens is 348 g/mol. The summed E-state index contributed by atoms with van der Waals surface area (Å²) in [5.74, 6) is -0.521. The topological polar surface area (TPSA) is 107 Å². The van der Waals surface area contributed by atoms with Crippen LogP contribution in [0.3, 0.4) is 0 Å². The first-order chi connectivity index (χ1) is 11.6. The summed E-state index contributed by atoms with van der Waals surface area (Å²) in [4.78, 5) is 26.2. The Kier molecular flexibility index (Phi) is 5.87. The maximum atomic E-state index is 12.5. The zero-order chi connectivity index (χ0) is 18.8. The van der Waals surface area contributed by atoms with Gasteiger partial charge in [-0.2, -0.15) is 0 Å². The fraction of sp³-hybridized carbons (Fsp3) is 0.688. The fourth-order valence-corrected chi connectivity index (χ4v) is 4.66. The smallest absolute Gasteiger partial charge is 0.344 e. The molecule has 1 amide bonds. The van der Waals surface area contributed by atoms with Gasteiger partial charge in [0.1, 0.15) is 11.3 Å². The molecule has 0 radical (unpaired) electrons. The quantitative estimate of drug-likeness (QED) is 0.689. The molecule has 0 aliphatic carbocycles. The molecule has 1 aliphatic rings. The second kappa shape index (κ2) is 7.55. The van der Waals surface area contributed by atoms with Crippen LogP contribution >= 0.6 is 0 Å². The third-order valence-corrected chi connectivity index (χ3v) is 5.85. The standard InChI is InChI=1S/C16H24N2O6S/c1-10(2)7-18(13-5-6-25(21,22)9-13)14(19)8-23-16(20)15-11(3)17-24-12(15)4/h10,13H,5-9H2,1-4H3. The number of ether oxygens (including phenoxy) is 1. The van der Waals surface area contributed by atoms with Crippen LogP contribution in [0.1, 0.15) is 42.1 Å². The number of esters is 1. The van der Waals surface area contributed by atoms with Crippen molar-refractivity contribution in [3.63, 3.8) is 0 Å². The van der Waals surface area contributed by atoms with Gasteiger partial charge in [-0.15, -0.1) is 0 Å². The summed E-state index contributed by atoms with van der Waals surface area (Å²) >= 11 is 0. The highest BCUT2D eigenvalue weighted by atomic mass is 32.2. The Hall–Kier alpha value is -1.90. The Morgan fingerprint density at radius 2 is 2.04 bits per heavy atom. The number of hydrogen-bond donors (Lipinski definition) is 0. The predicted octanol–water partition coefficient (Wildman–Crippen LogP) is 1.12. The molecule has 1 aliphatic heterocycles. The number of hydrogen-bond acceptors (Lipinski definition) is 7. The van der Waals surface area contributed by atoms with Crippen LogP contribution in [0.2, 0.25) is 0 Å². The number of sulfone groups is 1. The van der Waals surface area contributed by atoms with E-state index in [-0.39, 0.29) is 29.0 Å². The largest absolute Gasteiger partial charge is 0.452 e. The molecule has 2 heterocycles. The number of aryl methyl sites for hydroxylation is 2. The summed E-state index contributed by atoms with van der Waals surface area (Å²) in [5.41, 5.74) is 0.613. The van der Waals surface area contributed by atoms with E-state index in [2.05, 4.69) is 5.16 Å². The van der Waals surface area contributed by atoms with Crippen molar-refractivity contribution < 1.29 is 27.3 Å². The molecule has 8 nitrogen and oxygen atoms in total. The SMILES string of the molecule is Cc1noc(C)c1C(=O)OCC(=O)N(CC(C)C)C1CCS(=O)(=O)C1. The molecular formula is C16H24N2O6S. The maximum Gasteiger partial charge on any atom is 0.344 e. The zero-order valence-corrected chi connectivity index (χ0v) is 15.8. The van der Waals surface area contributed by atoms with E-state index in [1.807, 2.05) is 13.8 Å². The van der Waals surface area contributed by atoms with Gasteiger partial charge in [0.05, 0.1) is 17.2 Å². The Balaban J connectivity index is 2.03. The van der Waals surface area contributed by atoms with Crippen molar-refractivity contribution in [1.82, 2.24) is 10.1 Å². The predicted molar refractivity (Wildman–Crippen MR) is 89.9 cm³/mol. The molecule has 9 heteroatoms. The lowest BCUT2D eigenvalue weighted by Gasteiger charge is -2.29. The van der Waals surface area contributed by atoms with E-state index < -0.39 is 28.3 Å². The summed E-state index contributed by atoms with van der Waals surface area (Å²) in [5, 5.41) is 3.68. The first-order valence-corrected chi connectivity index (χ1v) is 10.0. The number of aromatic nitrogens is 1. The normalized spacial score (nSPS) is 19.2. The highest BCUT2D eigenvalue weighted by molar-refractivity contribution is 7.91. The van der Waals surface area contributed by atoms with Crippen LogP contribution in [0.15, 0.2) is 4.52 Å². The summed E-state index contributed by atoms with van der Waals surface area (Å²) < 4.78 is 33.4. The van der Waals surface area contributed by atoms with Gasteiger partial charge in [-0.1, -0.05) is 19.0 Å². The first kappa shape index (κ1) is 19.4. The van der Waals surface area contributed by atoms with Crippen LogP contribution in [0.25, 0.3) is 0 Å². The number of nitrogens with zero attached hydrogens (tertiary/aromatic N) is 2. The van der Waals surface area contributed by atoms with Gasteiger partial charge in [0.15, 0.2) is 16.4 Å². The molecule has 140 valence electrons. The average molecular weight is 372 g/mol. The lowest BCUT2D eigenvalue weighted by molar-refractivity contribution is -0.137. The van der Waals surface area contributed by atoms with E-state index in [0.717, 1.165) is 0 Å². The molecule has 1 atom stereocenters. The summed E-state index contributed by atoms with van der Waals surface area (Å²) in [6.07, 6.45) is 0.415. The van der Waals surface area contributed by atoms with Crippen molar-refractivity contribution in [1.29, 1.82) is 0 Å². The summed E-state index contributed by atoms with van der Waals surface area (Å²) in [6.45, 7) is 7.07. The lowest BCUT2D eigenvalue weighted by atomic mass is 10.1. The number of rotatable bonds is 6. The minimum atomic E-state index is -3.11. The minimum Gasteiger partial charge on any atom is -0.452 e. The van der Waals surface area contributed by atoms with E-state index in [4.69, 9.17) is 9.26 Å². The third-order valence-electron chi connectivity index (χ3n) is 4.10. The molecule has 1 saturated heterocycles. The first-order valence-electron chi connectivity index (χ1n) is 8.20. The molecule has 0 saturated carbocycles. The molecule has 25 heavy (non-hydrogen) atoms. The minimum absolute atomic E-state index is 0.0384. The van der Waals surface area contributed by atoms with Crippen molar-refractivity contribution >= 4 is 21.7 Å². The molecule has 2 rings (SSSR count). The van der Waals surface area contributed by atoms with Crippen molar-refractivity contribution in [2.45, 2.75) is 40.2 Å². The average Bonchev–Trinajstić information content (AvgIpc) is 3.04. The van der Waals surface area contributed by atoms with Crippen LogP contribution in [0.5, 0.6) is 0 Å². The van der Waals surface area contributed by atoms with Gasteiger partial charge in [-0.3, -0.25) is 4.79 Å². The van der Waals surface area contributed by atoms with Gasteiger partial charge in [0, 0.05) is 12.6 Å². The summed E-state index contributed by atoms with van der Waals surface area (Å²) in [6, 6.07) is -0.363. The zero-order valence-electron chi connectivity index (χ0n) is 14.9. The highest BCUT2D eigenvalue weighted by Crippen LogP contribution is 2.20. The van der Waals surface area contributed by atoms with Gasteiger partial charge in [-0.25, -0.2) is 13.2 Å². The Morgan fingerprint density at radius 1 is 1.36 bits per heavy atom. The van der Waals surface area contributed by atoms with E-state index >= 15 is 0 Å². The number of carbonyl (C=O) groups is 2. The molecule has 1 unspecified atom stereocenters. The van der Waals surface area contributed by atoms with Gasteiger partial charge >= 0.3 is 5.97 Å². The molecule has 0 spiro atoms. The van der Waals surface area contributed by atoms with Crippen LogP contribution in [-0.2, 0) is 19.4 Å². The van der Waals surface area contributed by atoms with E-state index in [0.29, 0.717) is 24.4 Å². The van der Waals surface area contributed by atoms with Gasteiger partial charge in [0.2, 0.25) is 0 Å². The number of carbonyl (C=O) groups excluding carboxylic acids is 2. The van der Waals surface area contributed by atoms with Crippen molar-refractivity contribution in [3.8, 4) is 0 Å². The Morgan fingerprint density at radius 3 is 2.52 bits per heavy atom. The van der Waals surface area contributed by atoms with Crippen LogP contribution in [-0.4, -0.2) is 61.1 Å². The second-order valence-corrected chi connectivity index (χ2v) is 9.00. The highest BCUT2D eigenvalue weighted by Gasteiger charge is 2.35. The van der Waals surface area contributed by atoms with Crippen LogP contribution in [0, 0.1) is 19.8 Å². The van der Waals surface area contributed by atoms with Crippen molar-refractivity contribution in [2.24, 2.45) is 5.92 Å². The lowest BCUT2D eigenvalue weighted by Crippen LogP contribution is -2.45. The molecule has 0 aromatic carbocycles. The second-order valence-electron chi connectivity index (χ2n) is 6.77. The maximum absolute atomic E-state index is 12.5. The monoisotopic (exact) mass is 372 g/mol. The van der Waals surface area contributed by atoms with Gasteiger partial charge in [0.25, 0.3) is 5.91 Å². The summed E-state index contributed by atoms with van der Waals surface area (Å²) in [7, 11) is -3.11. The molecule has 0 bridgehead atoms. The van der Waals surface area contributed by atoms with Gasteiger partial charge < -0.3 is 14.2 Å². The van der Waals surface area contributed by atoms with Crippen LogP contribution in [0.4, 0.5) is 0 Å². The Bertz CT molecular complexity index is 733. The third kappa shape index (κ3) is 4.81. The van der Waals surface area contributed by atoms with Crippen molar-refractivity contribution in [3.05, 3.63) is 17.0 Å². The van der Waals surface area contributed by atoms with Crippen molar-refractivity contribution in [2.75, 3.05) is 24.7 Å². The fourth-order valence-electron chi connectivity index (χ4n) is 2.93. The Labute approximate surface area is 147 Å². The number of amides is 1. The van der Waals surface area contributed by atoms with Crippen LogP contribution < -0.4 is 0 Å². The van der Waals surface area contributed by atoms with E-state index in [1.165, 1.54) is 4.90 Å². The molecule has 1 aromatic heterocycles. The molecule has 1 aromatic rings. The molecule has 0 N–H and O–H groups in total. The van der Waals surface area contributed by atoms with Gasteiger partial charge in [-0.05, 0) is 26.2 Å². The molecule has 1 fully saturated rings.